The molecule has 0 radical (unpaired) electrons. The van der Waals surface area contributed by atoms with Gasteiger partial charge in [0.05, 0.1) is 0 Å². The summed E-state index contributed by atoms with van der Waals surface area (Å²) in [5.41, 5.74) is 0.782. The van der Waals surface area contributed by atoms with Gasteiger partial charge < -0.3 is 5.32 Å². The number of rotatable bonds is 8. The lowest BCUT2D eigenvalue weighted by molar-refractivity contribution is -0.111. The molecule has 3 aromatic rings. The van der Waals surface area contributed by atoms with Gasteiger partial charge in [-0.05, 0) is 29.8 Å². The van der Waals surface area contributed by atoms with Gasteiger partial charge in [-0.1, -0.05) is 59.3 Å². The molecular weight excluding hydrogens is 400 g/mol. The van der Waals surface area contributed by atoms with Crippen LogP contribution in [-0.2, 0) is 4.79 Å². The van der Waals surface area contributed by atoms with Gasteiger partial charge in [0, 0.05) is 28.3 Å². The quantitative estimate of drug-likeness (QED) is 0.305. The van der Waals surface area contributed by atoms with E-state index in [0.717, 1.165) is 17.9 Å². The highest BCUT2D eigenvalue weighted by Gasteiger charge is 2.06. The topological polar surface area (TPSA) is 66.9 Å². The summed E-state index contributed by atoms with van der Waals surface area (Å²) in [7, 11) is 0. The number of carbonyl (C=O) groups is 1. The summed E-state index contributed by atoms with van der Waals surface area (Å²) in [5.74, 6) is 0.628. The fourth-order valence-corrected chi connectivity index (χ4v) is 3.77. The number of amides is 1. The van der Waals surface area contributed by atoms with Crippen molar-refractivity contribution in [2.24, 2.45) is 0 Å². The third-order valence-corrected chi connectivity index (χ3v) is 5.52. The molecule has 0 atom stereocenters. The fourth-order valence-electron chi connectivity index (χ4n) is 2.11. The summed E-state index contributed by atoms with van der Waals surface area (Å²) in [4.78, 5) is 13.2. The summed E-state index contributed by atoms with van der Waals surface area (Å²) in [6, 6.07) is 17.5. The minimum atomic E-state index is -0.280. The highest BCUT2D eigenvalue weighted by atomic mass is 35.5. The van der Waals surface area contributed by atoms with Gasteiger partial charge in [0.1, 0.15) is 0 Å². The van der Waals surface area contributed by atoms with Gasteiger partial charge in [0.2, 0.25) is 16.2 Å². The van der Waals surface area contributed by atoms with E-state index in [0.29, 0.717) is 15.3 Å². The van der Waals surface area contributed by atoms with Crippen LogP contribution in [0.25, 0.3) is 6.08 Å². The average Bonchev–Trinajstić information content (AvgIpc) is 3.12. The Morgan fingerprint density at radius 2 is 1.81 bits per heavy atom. The predicted molar refractivity (Wildman–Crippen MR) is 115 cm³/mol. The van der Waals surface area contributed by atoms with E-state index >= 15 is 0 Å². The number of nitrogens with zero attached hydrogens (tertiary/aromatic N) is 2. The minimum Gasteiger partial charge on any atom is -0.359 e. The standard InChI is InChI=1S/C19H17ClN4OS2/c20-16-9-5-4-6-14(16)10-11-17(25)22-19-24-23-18(27-19)21-12-13-26-15-7-2-1-3-8-15/h1-11H,12-13H2,(H,21,23)(H,22,24,25)/b11-10+. The Morgan fingerprint density at radius 3 is 2.63 bits per heavy atom. The Hall–Kier alpha value is -2.35. The van der Waals surface area contributed by atoms with Crippen molar-refractivity contribution >= 4 is 56.9 Å². The van der Waals surface area contributed by atoms with Crippen molar-refractivity contribution in [3.05, 3.63) is 71.3 Å². The first kappa shape index (κ1) is 19.4. The monoisotopic (exact) mass is 416 g/mol. The Kier molecular flexibility index (Phi) is 7.27. The maximum Gasteiger partial charge on any atom is 0.250 e. The van der Waals surface area contributed by atoms with E-state index in [4.69, 9.17) is 11.6 Å². The van der Waals surface area contributed by atoms with Crippen LogP contribution in [0.4, 0.5) is 10.3 Å². The van der Waals surface area contributed by atoms with E-state index in [1.807, 2.05) is 36.4 Å². The molecule has 0 unspecified atom stereocenters. The Labute approximate surface area is 170 Å². The van der Waals surface area contributed by atoms with Crippen LogP contribution in [0.15, 0.2) is 65.6 Å². The van der Waals surface area contributed by atoms with Gasteiger partial charge in [0.15, 0.2) is 0 Å². The molecule has 0 aliphatic carbocycles. The maximum absolute atomic E-state index is 12.0. The van der Waals surface area contributed by atoms with Crippen LogP contribution < -0.4 is 10.6 Å². The number of nitrogens with one attached hydrogen (secondary N) is 2. The molecular formula is C19H17ClN4OS2. The molecule has 3 rings (SSSR count). The summed E-state index contributed by atoms with van der Waals surface area (Å²) in [6.07, 6.45) is 3.09. The second-order valence-corrected chi connectivity index (χ2v) is 7.90. The number of hydrogen-bond acceptors (Lipinski definition) is 6. The molecule has 0 bridgehead atoms. The van der Waals surface area contributed by atoms with Crippen molar-refractivity contribution in [2.75, 3.05) is 22.9 Å². The van der Waals surface area contributed by atoms with Gasteiger partial charge in [-0.25, -0.2) is 0 Å². The fraction of sp³-hybridized carbons (Fsp3) is 0.105. The summed E-state index contributed by atoms with van der Waals surface area (Å²) in [5, 5.41) is 15.6. The molecule has 0 saturated carbocycles. The molecule has 2 N–H and O–H groups in total. The largest absolute Gasteiger partial charge is 0.359 e. The average molecular weight is 417 g/mol. The van der Waals surface area contributed by atoms with Crippen LogP contribution >= 0.6 is 34.7 Å². The van der Waals surface area contributed by atoms with Gasteiger partial charge >= 0.3 is 0 Å². The van der Waals surface area contributed by atoms with E-state index < -0.39 is 0 Å². The number of thioether (sulfide) groups is 1. The van der Waals surface area contributed by atoms with Crippen molar-refractivity contribution in [1.29, 1.82) is 0 Å². The molecule has 8 heteroatoms. The molecule has 1 amide bonds. The second kappa shape index (κ2) is 10.1. The van der Waals surface area contributed by atoms with Crippen LogP contribution in [0, 0.1) is 0 Å². The number of benzene rings is 2. The molecule has 1 aromatic heterocycles. The van der Waals surface area contributed by atoms with Gasteiger partial charge in [-0.2, -0.15) is 0 Å². The van der Waals surface area contributed by atoms with Crippen LogP contribution in [0.5, 0.6) is 0 Å². The first-order valence-electron chi connectivity index (χ1n) is 8.19. The Bertz CT molecular complexity index is 915. The van der Waals surface area contributed by atoms with Crippen molar-refractivity contribution in [2.45, 2.75) is 4.90 Å². The van der Waals surface area contributed by atoms with Gasteiger partial charge in [-0.15, -0.1) is 22.0 Å². The number of hydrogen-bond donors (Lipinski definition) is 2. The first-order chi connectivity index (χ1) is 13.2. The number of carbonyl (C=O) groups excluding carboxylic acids is 1. The third-order valence-electron chi connectivity index (χ3n) is 3.36. The van der Waals surface area contributed by atoms with Crippen molar-refractivity contribution in [1.82, 2.24) is 10.2 Å². The molecule has 0 aliphatic rings. The predicted octanol–water partition coefficient (Wildman–Crippen LogP) is 5.05. The molecule has 138 valence electrons. The molecule has 0 saturated heterocycles. The summed E-state index contributed by atoms with van der Waals surface area (Å²) in [6.45, 7) is 0.758. The molecule has 0 spiro atoms. The zero-order valence-corrected chi connectivity index (χ0v) is 16.7. The van der Waals surface area contributed by atoms with Crippen molar-refractivity contribution in [3.8, 4) is 0 Å². The molecule has 0 fully saturated rings. The molecule has 27 heavy (non-hydrogen) atoms. The zero-order valence-electron chi connectivity index (χ0n) is 14.3. The van der Waals surface area contributed by atoms with E-state index in [2.05, 4.69) is 33.0 Å². The molecule has 0 aliphatic heterocycles. The van der Waals surface area contributed by atoms with Crippen molar-refractivity contribution in [3.63, 3.8) is 0 Å². The normalized spacial score (nSPS) is 10.9. The minimum absolute atomic E-state index is 0.280. The van der Waals surface area contributed by atoms with Crippen LogP contribution in [0.2, 0.25) is 5.02 Å². The lowest BCUT2D eigenvalue weighted by atomic mass is 10.2. The second-order valence-electron chi connectivity index (χ2n) is 5.34. The lowest BCUT2D eigenvalue weighted by Gasteiger charge is -2.02. The first-order valence-corrected chi connectivity index (χ1v) is 10.4. The maximum atomic E-state index is 12.0. The zero-order chi connectivity index (χ0) is 18.9. The van der Waals surface area contributed by atoms with E-state index in [1.165, 1.54) is 22.3 Å². The van der Waals surface area contributed by atoms with Crippen LogP contribution in [0.3, 0.4) is 0 Å². The SMILES string of the molecule is O=C(/C=C/c1ccccc1Cl)Nc1nnc(NCCSc2ccccc2)s1. The van der Waals surface area contributed by atoms with Gasteiger partial charge in [0.25, 0.3) is 0 Å². The Morgan fingerprint density at radius 1 is 1.07 bits per heavy atom. The van der Waals surface area contributed by atoms with E-state index in [-0.39, 0.29) is 5.91 Å². The number of halogens is 1. The van der Waals surface area contributed by atoms with Crippen LogP contribution in [0.1, 0.15) is 5.56 Å². The van der Waals surface area contributed by atoms with Gasteiger partial charge in [-0.3, -0.25) is 10.1 Å². The highest BCUT2D eigenvalue weighted by Crippen LogP contribution is 2.21. The lowest BCUT2D eigenvalue weighted by Crippen LogP contribution is -2.07. The van der Waals surface area contributed by atoms with E-state index in [1.54, 1.807) is 23.9 Å². The Balaban J connectivity index is 1.43. The smallest absolute Gasteiger partial charge is 0.250 e. The number of aromatic nitrogens is 2. The molecule has 1 heterocycles. The van der Waals surface area contributed by atoms with E-state index in [9.17, 15) is 4.79 Å². The number of anilines is 2. The molecule has 5 nitrogen and oxygen atoms in total. The summed E-state index contributed by atoms with van der Waals surface area (Å²) < 4.78 is 0. The molecule has 2 aromatic carbocycles. The summed E-state index contributed by atoms with van der Waals surface area (Å²) >= 11 is 9.12. The third kappa shape index (κ3) is 6.39. The highest BCUT2D eigenvalue weighted by molar-refractivity contribution is 7.99. The van der Waals surface area contributed by atoms with Crippen molar-refractivity contribution < 1.29 is 4.79 Å². The van der Waals surface area contributed by atoms with Crippen LogP contribution in [-0.4, -0.2) is 28.4 Å².